The fourth-order valence-electron chi connectivity index (χ4n) is 0.967. The third-order valence-electron chi connectivity index (χ3n) is 1.55. The summed E-state index contributed by atoms with van der Waals surface area (Å²) < 4.78 is 27.6. The van der Waals surface area contributed by atoms with Crippen LogP contribution < -0.4 is 4.74 Å². The zero-order chi connectivity index (χ0) is 11.7. The van der Waals surface area contributed by atoms with Crippen LogP contribution in [0, 0.1) is 0 Å². The minimum absolute atomic E-state index is 0.0506. The summed E-state index contributed by atoms with van der Waals surface area (Å²) in [4.78, 5) is 0. The molecule has 0 saturated carbocycles. The van der Waals surface area contributed by atoms with Gasteiger partial charge in [-0.15, -0.1) is 0 Å². The number of benzene rings is 1. The molecule has 0 aliphatic heterocycles. The number of aliphatic hydroxyl groups excluding tert-OH is 1. The van der Waals surface area contributed by atoms with Crippen molar-refractivity contribution in [3.63, 3.8) is 0 Å². The van der Waals surface area contributed by atoms with Gasteiger partial charge in [0.05, 0.1) is 0 Å². The van der Waals surface area contributed by atoms with E-state index < -0.39 is 6.61 Å². The Morgan fingerprint density at radius 1 is 1.20 bits per heavy atom. The Labute approximate surface area is 88.5 Å². The number of alkyl halides is 2. The molecule has 1 aromatic rings. The largest absolute Gasteiger partial charge is 0.435 e. The number of hydrogen-bond donors (Lipinski definition) is 1. The molecule has 1 rings (SSSR count). The quantitative estimate of drug-likeness (QED) is 0.842. The SMILES string of the molecule is CC.OCCc1ccc(OC(F)F)cc1. The van der Waals surface area contributed by atoms with Gasteiger partial charge in [0.1, 0.15) is 5.75 Å². The van der Waals surface area contributed by atoms with Crippen LogP contribution >= 0.6 is 0 Å². The van der Waals surface area contributed by atoms with Gasteiger partial charge in [-0.25, -0.2) is 0 Å². The second kappa shape index (κ2) is 8.17. The molecule has 0 heterocycles. The molecule has 2 nitrogen and oxygen atoms in total. The second-order valence-electron chi connectivity index (χ2n) is 2.50. The van der Waals surface area contributed by atoms with Gasteiger partial charge in [-0.1, -0.05) is 26.0 Å². The number of rotatable bonds is 4. The number of aliphatic hydroxyl groups is 1. The average Bonchev–Trinajstić information content (AvgIpc) is 2.24. The van der Waals surface area contributed by atoms with Crippen molar-refractivity contribution in [2.75, 3.05) is 6.61 Å². The maximum Gasteiger partial charge on any atom is 0.387 e. The molecule has 0 fully saturated rings. The van der Waals surface area contributed by atoms with Crippen molar-refractivity contribution in [2.24, 2.45) is 0 Å². The van der Waals surface area contributed by atoms with Crippen LogP contribution in [0.2, 0.25) is 0 Å². The summed E-state index contributed by atoms with van der Waals surface area (Å²) in [6.45, 7) is 1.26. The van der Waals surface area contributed by atoms with Crippen molar-refractivity contribution in [3.05, 3.63) is 29.8 Å². The molecular weight excluding hydrogens is 202 g/mol. The van der Waals surface area contributed by atoms with Gasteiger partial charge in [-0.2, -0.15) is 8.78 Å². The highest BCUT2D eigenvalue weighted by atomic mass is 19.3. The molecule has 0 unspecified atom stereocenters. The number of hydrogen-bond acceptors (Lipinski definition) is 2. The van der Waals surface area contributed by atoms with Crippen LogP contribution in [0.25, 0.3) is 0 Å². The lowest BCUT2D eigenvalue weighted by atomic mass is 10.1. The minimum Gasteiger partial charge on any atom is -0.435 e. The Morgan fingerprint density at radius 2 is 1.73 bits per heavy atom. The van der Waals surface area contributed by atoms with Crippen LogP contribution in [0.5, 0.6) is 5.75 Å². The predicted octanol–water partition coefficient (Wildman–Crippen LogP) is 2.85. The summed E-state index contributed by atoms with van der Waals surface area (Å²) >= 11 is 0. The highest BCUT2D eigenvalue weighted by Gasteiger charge is 2.02. The Kier molecular flexibility index (Phi) is 7.54. The maximum atomic E-state index is 11.7. The molecular formula is C11H16F2O2. The molecule has 0 atom stereocenters. The Hall–Kier alpha value is -1.16. The van der Waals surface area contributed by atoms with E-state index in [2.05, 4.69) is 4.74 Å². The Bertz CT molecular complexity index is 247. The van der Waals surface area contributed by atoms with Crippen molar-refractivity contribution in [1.82, 2.24) is 0 Å². The molecule has 0 spiro atoms. The molecule has 0 amide bonds. The van der Waals surface area contributed by atoms with E-state index in [1.165, 1.54) is 12.1 Å². The fraction of sp³-hybridized carbons (Fsp3) is 0.455. The molecule has 1 N–H and O–H groups in total. The van der Waals surface area contributed by atoms with Gasteiger partial charge in [-0.05, 0) is 24.1 Å². The first-order chi connectivity index (χ1) is 7.22. The molecule has 0 aliphatic rings. The number of ether oxygens (including phenoxy) is 1. The lowest BCUT2D eigenvalue weighted by Gasteiger charge is -2.04. The van der Waals surface area contributed by atoms with E-state index in [1.807, 2.05) is 13.8 Å². The van der Waals surface area contributed by atoms with Crippen molar-refractivity contribution < 1.29 is 18.6 Å². The highest BCUT2D eigenvalue weighted by molar-refractivity contribution is 5.27. The molecule has 0 bridgehead atoms. The van der Waals surface area contributed by atoms with Crippen molar-refractivity contribution >= 4 is 0 Å². The Balaban J connectivity index is 0.000000921. The normalized spacial score (nSPS) is 9.47. The summed E-state index contributed by atoms with van der Waals surface area (Å²) in [6.07, 6.45) is 0.523. The van der Waals surface area contributed by atoms with Gasteiger partial charge >= 0.3 is 6.61 Å². The van der Waals surface area contributed by atoms with Crippen molar-refractivity contribution in [2.45, 2.75) is 26.9 Å². The summed E-state index contributed by atoms with van der Waals surface area (Å²) in [5.41, 5.74) is 0.893. The molecule has 86 valence electrons. The van der Waals surface area contributed by atoms with Gasteiger partial charge in [0.15, 0.2) is 0 Å². The topological polar surface area (TPSA) is 29.5 Å². The van der Waals surface area contributed by atoms with Crippen LogP contribution in [0.4, 0.5) is 8.78 Å². The van der Waals surface area contributed by atoms with E-state index in [0.29, 0.717) is 6.42 Å². The van der Waals surface area contributed by atoms with Crippen molar-refractivity contribution in [1.29, 1.82) is 0 Å². The van der Waals surface area contributed by atoms with E-state index in [1.54, 1.807) is 12.1 Å². The maximum absolute atomic E-state index is 11.7. The minimum atomic E-state index is -2.79. The lowest BCUT2D eigenvalue weighted by molar-refractivity contribution is -0.0498. The molecule has 0 aromatic heterocycles. The van der Waals surface area contributed by atoms with Crippen LogP contribution in [0.15, 0.2) is 24.3 Å². The molecule has 4 heteroatoms. The van der Waals surface area contributed by atoms with Gasteiger partial charge in [0.2, 0.25) is 0 Å². The monoisotopic (exact) mass is 218 g/mol. The smallest absolute Gasteiger partial charge is 0.387 e. The Morgan fingerprint density at radius 3 is 2.13 bits per heavy atom. The highest BCUT2D eigenvalue weighted by Crippen LogP contribution is 2.14. The zero-order valence-corrected chi connectivity index (χ0v) is 8.91. The average molecular weight is 218 g/mol. The molecule has 0 radical (unpaired) electrons. The van der Waals surface area contributed by atoms with Crippen LogP contribution in [0.1, 0.15) is 19.4 Å². The van der Waals surface area contributed by atoms with Gasteiger partial charge < -0.3 is 9.84 Å². The third-order valence-corrected chi connectivity index (χ3v) is 1.55. The molecule has 0 aliphatic carbocycles. The van der Waals surface area contributed by atoms with E-state index in [4.69, 9.17) is 5.11 Å². The van der Waals surface area contributed by atoms with Crippen LogP contribution in [-0.4, -0.2) is 18.3 Å². The fourth-order valence-corrected chi connectivity index (χ4v) is 0.967. The number of halogens is 2. The summed E-state index contributed by atoms with van der Waals surface area (Å²) in [7, 11) is 0. The van der Waals surface area contributed by atoms with E-state index in [9.17, 15) is 8.78 Å². The van der Waals surface area contributed by atoms with Gasteiger partial charge in [0.25, 0.3) is 0 Å². The van der Waals surface area contributed by atoms with Crippen LogP contribution in [0.3, 0.4) is 0 Å². The van der Waals surface area contributed by atoms with E-state index in [0.717, 1.165) is 5.56 Å². The first-order valence-electron chi connectivity index (χ1n) is 4.87. The summed E-state index contributed by atoms with van der Waals surface area (Å²) in [5.74, 6) is 0.136. The lowest BCUT2D eigenvalue weighted by Crippen LogP contribution is -2.01. The third kappa shape index (κ3) is 6.01. The molecule has 0 saturated heterocycles. The van der Waals surface area contributed by atoms with E-state index in [-0.39, 0.29) is 12.4 Å². The standard InChI is InChI=1S/C9H10F2O2.C2H6/c10-9(11)13-8-3-1-7(2-4-8)5-6-12;1-2/h1-4,9,12H,5-6H2;1-2H3. The second-order valence-corrected chi connectivity index (χ2v) is 2.50. The predicted molar refractivity (Wildman–Crippen MR) is 55.2 cm³/mol. The summed E-state index contributed by atoms with van der Waals surface area (Å²) in [6, 6.07) is 6.20. The van der Waals surface area contributed by atoms with Gasteiger partial charge in [0, 0.05) is 6.61 Å². The molecule has 15 heavy (non-hydrogen) atoms. The van der Waals surface area contributed by atoms with E-state index >= 15 is 0 Å². The first kappa shape index (κ1) is 13.8. The molecule has 1 aromatic carbocycles. The first-order valence-corrected chi connectivity index (χ1v) is 4.87. The van der Waals surface area contributed by atoms with Crippen molar-refractivity contribution in [3.8, 4) is 5.75 Å². The summed E-state index contributed by atoms with van der Waals surface area (Å²) in [5, 5.41) is 8.58. The zero-order valence-electron chi connectivity index (χ0n) is 8.91. The van der Waals surface area contributed by atoms with Crippen LogP contribution in [-0.2, 0) is 6.42 Å². The van der Waals surface area contributed by atoms with Gasteiger partial charge in [-0.3, -0.25) is 0 Å².